The predicted molar refractivity (Wildman–Crippen MR) is 112 cm³/mol. The molecule has 2 aliphatic rings. The van der Waals surface area contributed by atoms with Crippen molar-refractivity contribution in [3.8, 4) is 5.69 Å². The number of rotatable bonds is 5. The summed E-state index contributed by atoms with van der Waals surface area (Å²) in [5.41, 5.74) is 1.83. The van der Waals surface area contributed by atoms with E-state index in [0.29, 0.717) is 0 Å². The average molecular weight is 398 g/mol. The summed E-state index contributed by atoms with van der Waals surface area (Å²) in [6, 6.07) is 11.9. The monoisotopic (exact) mass is 397 g/mol. The molecule has 1 aromatic carbocycles. The van der Waals surface area contributed by atoms with Crippen LogP contribution in [-0.4, -0.2) is 79.9 Å². The Morgan fingerprint density at radius 2 is 1.93 bits per heavy atom. The first-order valence-corrected chi connectivity index (χ1v) is 10.5. The highest BCUT2D eigenvalue weighted by Gasteiger charge is 2.40. The molecule has 2 saturated heterocycles. The summed E-state index contributed by atoms with van der Waals surface area (Å²) < 4.78 is 13.3. The minimum absolute atomic E-state index is 0.0171. The molecular formula is C23H31N3O3. The van der Waals surface area contributed by atoms with E-state index < -0.39 is 0 Å². The fraction of sp³-hybridized carbons (Fsp3) is 0.522. The lowest BCUT2D eigenvalue weighted by atomic mass is 9.80. The standard InChI is InChI=1S/C23H31N3O3/c1-28-15-13-24-14-16-29-19-23(17-24)9-4-12-26(18-23)22(27)20-5-7-21(8-6-20)25-10-2-3-11-25/h2-3,5-8,10-11H,4,9,12-19H2,1H3. The highest BCUT2D eigenvalue weighted by atomic mass is 16.5. The largest absolute Gasteiger partial charge is 0.383 e. The van der Waals surface area contributed by atoms with Gasteiger partial charge in [-0.25, -0.2) is 0 Å². The maximum atomic E-state index is 13.2. The maximum Gasteiger partial charge on any atom is 0.253 e. The Bertz CT molecular complexity index is 790. The number of piperidine rings is 1. The topological polar surface area (TPSA) is 46.9 Å². The van der Waals surface area contributed by atoms with Crippen LogP contribution in [0.1, 0.15) is 23.2 Å². The van der Waals surface area contributed by atoms with Gasteiger partial charge in [-0.05, 0) is 49.2 Å². The number of carbonyl (C=O) groups excluding carboxylic acids is 1. The molecule has 1 unspecified atom stereocenters. The second kappa shape index (κ2) is 9.11. The smallest absolute Gasteiger partial charge is 0.253 e. The van der Waals surface area contributed by atoms with Gasteiger partial charge in [-0.15, -0.1) is 0 Å². The Morgan fingerprint density at radius 3 is 2.69 bits per heavy atom. The third-order valence-electron chi connectivity index (χ3n) is 6.10. The summed E-state index contributed by atoms with van der Waals surface area (Å²) in [5, 5.41) is 0. The quantitative estimate of drug-likeness (QED) is 0.778. The van der Waals surface area contributed by atoms with Crippen molar-refractivity contribution in [2.75, 3.05) is 59.7 Å². The summed E-state index contributed by atoms with van der Waals surface area (Å²) in [7, 11) is 1.74. The van der Waals surface area contributed by atoms with Crippen LogP contribution < -0.4 is 0 Å². The van der Waals surface area contributed by atoms with Crippen LogP contribution in [-0.2, 0) is 9.47 Å². The minimum atomic E-state index is 0.0171. The Kier molecular flexibility index (Phi) is 6.33. The fourth-order valence-corrected chi connectivity index (χ4v) is 4.59. The average Bonchev–Trinajstić information content (AvgIpc) is 3.23. The number of methoxy groups -OCH3 is 1. The SMILES string of the molecule is COCCN1CCOCC2(CCCN(C(=O)c3ccc(-n4cccc4)cc3)C2)C1. The van der Waals surface area contributed by atoms with E-state index in [1.165, 1.54) is 0 Å². The van der Waals surface area contributed by atoms with Gasteiger partial charge in [0.15, 0.2) is 0 Å². The Morgan fingerprint density at radius 1 is 1.14 bits per heavy atom. The lowest BCUT2D eigenvalue weighted by Gasteiger charge is -2.43. The lowest BCUT2D eigenvalue weighted by molar-refractivity contribution is 0.00620. The van der Waals surface area contributed by atoms with Crippen LogP contribution in [0.2, 0.25) is 0 Å². The zero-order chi connectivity index (χ0) is 20.1. The van der Waals surface area contributed by atoms with Gasteiger partial charge in [0.25, 0.3) is 5.91 Å². The number of benzene rings is 1. The molecule has 6 heteroatoms. The third kappa shape index (κ3) is 4.71. The first kappa shape index (κ1) is 20.1. The van der Waals surface area contributed by atoms with Gasteiger partial charge in [-0.2, -0.15) is 0 Å². The summed E-state index contributed by atoms with van der Waals surface area (Å²) in [6.45, 7) is 6.59. The van der Waals surface area contributed by atoms with Gasteiger partial charge in [-0.1, -0.05) is 0 Å². The van der Waals surface area contributed by atoms with Crippen LogP contribution in [0.5, 0.6) is 0 Å². The number of likely N-dealkylation sites (tertiary alicyclic amines) is 1. The molecule has 3 heterocycles. The molecule has 0 bridgehead atoms. The fourth-order valence-electron chi connectivity index (χ4n) is 4.59. The maximum absolute atomic E-state index is 13.2. The van der Waals surface area contributed by atoms with E-state index in [-0.39, 0.29) is 11.3 Å². The van der Waals surface area contributed by atoms with Gasteiger partial charge in [0.2, 0.25) is 0 Å². The molecular weight excluding hydrogens is 366 g/mol. The molecule has 0 aliphatic carbocycles. The van der Waals surface area contributed by atoms with Crippen LogP contribution in [0.25, 0.3) is 5.69 Å². The summed E-state index contributed by atoms with van der Waals surface area (Å²) in [5.74, 6) is 0.121. The first-order valence-electron chi connectivity index (χ1n) is 10.5. The molecule has 2 aliphatic heterocycles. The Balaban J connectivity index is 1.45. The number of amides is 1. The Hall–Kier alpha value is -2.15. The van der Waals surface area contributed by atoms with E-state index >= 15 is 0 Å². The molecule has 29 heavy (non-hydrogen) atoms. The second-order valence-corrected chi connectivity index (χ2v) is 8.29. The molecule has 6 nitrogen and oxygen atoms in total. The van der Waals surface area contributed by atoms with Crippen molar-refractivity contribution in [1.29, 1.82) is 0 Å². The molecule has 1 aromatic heterocycles. The van der Waals surface area contributed by atoms with E-state index in [1.807, 2.05) is 58.3 Å². The molecule has 2 aromatic rings. The second-order valence-electron chi connectivity index (χ2n) is 8.29. The molecule has 1 amide bonds. The number of ether oxygens (including phenoxy) is 2. The molecule has 2 fully saturated rings. The number of hydrogen-bond acceptors (Lipinski definition) is 4. The van der Waals surface area contributed by atoms with Crippen LogP contribution >= 0.6 is 0 Å². The summed E-state index contributed by atoms with van der Waals surface area (Å²) >= 11 is 0. The normalized spacial score (nSPS) is 23.3. The van der Waals surface area contributed by atoms with Gasteiger partial charge in [0.05, 0.1) is 19.8 Å². The molecule has 1 spiro atoms. The highest BCUT2D eigenvalue weighted by Crippen LogP contribution is 2.33. The van der Waals surface area contributed by atoms with Crippen LogP contribution in [0, 0.1) is 5.41 Å². The summed E-state index contributed by atoms with van der Waals surface area (Å²) in [6.07, 6.45) is 6.14. The molecule has 0 radical (unpaired) electrons. The third-order valence-corrected chi connectivity index (χ3v) is 6.10. The molecule has 0 N–H and O–H groups in total. The summed E-state index contributed by atoms with van der Waals surface area (Å²) in [4.78, 5) is 17.7. The van der Waals surface area contributed by atoms with Gasteiger partial charge < -0.3 is 18.9 Å². The Labute approximate surface area is 173 Å². The van der Waals surface area contributed by atoms with Crippen molar-refractivity contribution in [3.63, 3.8) is 0 Å². The number of carbonyl (C=O) groups is 1. The van der Waals surface area contributed by atoms with Crippen molar-refractivity contribution in [2.45, 2.75) is 12.8 Å². The van der Waals surface area contributed by atoms with E-state index in [0.717, 1.165) is 76.6 Å². The first-order chi connectivity index (χ1) is 14.2. The number of aromatic nitrogens is 1. The minimum Gasteiger partial charge on any atom is -0.383 e. The molecule has 4 rings (SSSR count). The van der Waals surface area contributed by atoms with Crippen molar-refractivity contribution in [2.24, 2.45) is 5.41 Å². The predicted octanol–water partition coefficient (Wildman–Crippen LogP) is 2.68. The number of hydrogen-bond donors (Lipinski definition) is 0. The highest BCUT2D eigenvalue weighted by molar-refractivity contribution is 5.94. The van der Waals surface area contributed by atoms with E-state index in [2.05, 4.69) is 4.90 Å². The van der Waals surface area contributed by atoms with Crippen molar-refractivity contribution in [3.05, 3.63) is 54.4 Å². The molecule has 0 saturated carbocycles. The van der Waals surface area contributed by atoms with E-state index in [4.69, 9.17) is 9.47 Å². The molecule has 1 atom stereocenters. The van der Waals surface area contributed by atoms with Crippen LogP contribution in [0.3, 0.4) is 0 Å². The van der Waals surface area contributed by atoms with Crippen molar-refractivity contribution in [1.82, 2.24) is 14.4 Å². The zero-order valence-corrected chi connectivity index (χ0v) is 17.3. The van der Waals surface area contributed by atoms with Crippen LogP contribution in [0.15, 0.2) is 48.8 Å². The van der Waals surface area contributed by atoms with E-state index in [1.54, 1.807) is 7.11 Å². The molecule has 156 valence electrons. The van der Waals surface area contributed by atoms with Crippen molar-refractivity contribution < 1.29 is 14.3 Å². The van der Waals surface area contributed by atoms with Gasteiger partial charge in [-0.3, -0.25) is 9.69 Å². The van der Waals surface area contributed by atoms with E-state index in [9.17, 15) is 4.79 Å². The van der Waals surface area contributed by atoms with Crippen molar-refractivity contribution >= 4 is 5.91 Å². The van der Waals surface area contributed by atoms with Gasteiger partial charge >= 0.3 is 0 Å². The van der Waals surface area contributed by atoms with Gasteiger partial charge in [0.1, 0.15) is 0 Å². The van der Waals surface area contributed by atoms with Crippen LogP contribution in [0.4, 0.5) is 0 Å². The lowest BCUT2D eigenvalue weighted by Crippen LogP contribution is -2.52. The number of nitrogens with zero attached hydrogens (tertiary/aromatic N) is 3. The zero-order valence-electron chi connectivity index (χ0n) is 17.3. The van der Waals surface area contributed by atoms with Gasteiger partial charge in [0, 0.05) is 68.9 Å².